The van der Waals surface area contributed by atoms with Gasteiger partial charge in [0, 0.05) is 12.6 Å². The lowest BCUT2D eigenvalue weighted by Gasteiger charge is -2.14. The van der Waals surface area contributed by atoms with Gasteiger partial charge in [0.25, 0.3) is 5.89 Å². The number of furan rings is 1. The van der Waals surface area contributed by atoms with Crippen molar-refractivity contribution in [3.63, 3.8) is 0 Å². The normalized spacial score (nSPS) is 11.5. The minimum atomic E-state index is -0.257. The molecule has 0 saturated carbocycles. The Balaban J connectivity index is 0.00000210. The lowest BCUT2D eigenvalue weighted by Crippen LogP contribution is -2.33. The van der Waals surface area contributed by atoms with Gasteiger partial charge in [-0.15, -0.1) is 24.8 Å². The topological polar surface area (TPSA) is 94.3 Å². The molecule has 0 saturated heterocycles. The summed E-state index contributed by atoms with van der Waals surface area (Å²) < 4.78 is 10.8. The third-order valence-electron chi connectivity index (χ3n) is 4.50. The Morgan fingerprint density at radius 2 is 1.79 bits per heavy atom. The molecule has 0 fully saturated rings. The van der Waals surface area contributed by atoms with Crippen LogP contribution in [0.15, 0.2) is 51.5 Å². The Morgan fingerprint density at radius 1 is 1.14 bits per heavy atom. The lowest BCUT2D eigenvalue weighted by molar-refractivity contribution is -0.120. The van der Waals surface area contributed by atoms with E-state index in [0.29, 0.717) is 35.6 Å². The second kappa shape index (κ2) is 11.0. The van der Waals surface area contributed by atoms with E-state index in [-0.39, 0.29) is 43.2 Å². The first-order chi connectivity index (χ1) is 12.9. The number of halogens is 2. The Bertz CT molecular complexity index is 891. The second-order valence-electron chi connectivity index (χ2n) is 6.91. The largest absolute Gasteiger partial charge is 0.459 e. The van der Waals surface area contributed by atoms with E-state index in [2.05, 4.69) is 36.3 Å². The van der Waals surface area contributed by atoms with Crippen molar-refractivity contribution in [2.24, 2.45) is 5.73 Å². The van der Waals surface area contributed by atoms with Gasteiger partial charge in [-0.2, -0.15) is 0 Å². The van der Waals surface area contributed by atoms with E-state index in [9.17, 15) is 4.79 Å². The number of oxazole rings is 1. The summed E-state index contributed by atoms with van der Waals surface area (Å²) in [5.41, 5.74) is 9.06. The summed E-state index contributed by atoms with van der Waals surface area (Å²) in [6.07, 6.45) is 1.69. The van der Waals surface area contributed by atoms with Gasteiger partial charge >= 0.3 is 0 Å². The molecule has 3 aromatic rings. The molecular weight excluding hydrogens is 413 g/mol. The molecule has 0 spiro atoms. The van der Waals surface area contributed by atoms with E-state index in [1.165, 1.54) is 5.56 Å². The molecule has 0 aliphatic carbocycles. The van der Waals surface area contributed by atoms with Crippen molar-refractivity contribution < 1.29 is 13.6 Å². The molecule has 1 unspecified atom stereocenters. The fourth-order valence-corrected chi connectivity index (χ4v) is 2.78. The van der Waals surface area contributed by atoms with Crippen LogP contribution in [-0.2, 0) is 11.2 Å². The number of hydrogen-bond donors (Lipinski definition) is 2. The highest BCUT2D eigenvalue weighted by atomic mass is 35.5. The molecule has 1 amide bonds. The highest BCUT2D eigenvalue weighted by Crippen LogP contribution is 2.22. The van der Waals surface area contributed by atoms with Crippen molar-refractivity contribution in [3.05, 3.63) is 65.2 Å². The van der Waals surface area contributed by atoms with Crippen LogP contribution in [0.3, 0.4) is 0 Å². The monoisotopic (exact) mass is 439 g/mol. The molecule has 29 heavy (non-hydrogen) atoms. The molecule has 6 nitrogen and oxygen atoms in total. The summed E-state index contributed by atoms with van der Waals surface area (Å²) in [7, 11) is 0. The highest BCUT2D eigenvalue weighted by molar-refractivity contribution is 5.85. The third-order valence-corrected chi connectivity index (χ3v) is 4.50. The molecule has 2 heterocycles. The molecule has 3 N–H and O–H groups in total. The van der Waals surface area contributed by atoms with E-state index in [1.54, 1.807) is 25.3 Å². The first kappa shape index (κ1) is 24.8. The molecule has 0 bridgehead atoms. The van der Waals surface area contributed by atoms with Gasteiger partial charge in [0.1, 0.15) is 5.76 Å². The number of hydrogen-bond acceptors (Lipinski definition) is 5. The van der Waals surface area contributed by atoms with E-state index < -0.39 is 0 Å². The van der Waals surface area contributed by atoms with E-state index in [4.69, 9.17) is 14.6 Å². The summed E-state index contributed by atoms with van der Waals surface area (Å²) in [4.78, 5) is 16.6. The van der Waals surface area contributed by atoms with Crippen molar-refractivity contribution >= 4 is 30.7 Å². The SMILES string of the molecule is Cc1oc(-c2ccco2)nc1CC(=O)NCC(N)c1ccc(C(C)C)cc1.Cl.Cl. The van der Waals surface area contributed by atoms with Crippen molar-refractivity contribution in [2.45, 2.75) is 39.2 Å². The van der Waals surface area contributed by atoms with Crippen LogP contribution in [-0.4, -0.2) is 17.4 Å². The van der Waals surface area contributed by atoms with Crippen LogP contribution in [0.2, 0.25) is 0 Å². The zero-order valence-corrected chi connectivity index (χ0v) is 18.3. The highest BCUT2D eigenvalue weighted by Gasteiger charge is 2.17. The molecule has 2 aromatic heterocycles. The minimum Gasteiger partial charge on any atom is -0.459 e. The van der Waals surface area contributed by atoms with Crippen molar-refractivity contribution in [1.29, 1.82) is 0 Å². The molecule has 0 aliphatic rings. The molecule has 1 atom stereocenters. The maximum absolute atomic E-state index is 12.3. The summed E-state index contributed by atoms with van der Waals surface area (Å²) in [5.74, 6) is 1.85. The number of carbonyl (C=O) groups is 1. The first-order valence-corrected chi connectivity index (χ1v) is 9.06. The van der Waals surface area contributed by atoms with Gasteiger partial charge < -0.3 is 19.9 Å². The number of carbonyl (C=O) groups excluding carboxylic acids is 1. The van der Waals surface area contributed by atoms with Crippen LogP contribution in [0.25, 0.3) is 11.7 Å². The quantitative estimate of drug-likeness (QED) is 0.561. The summed E-state index contributed by atoms with van der Waals surface area (Å²) in [5, 5.41) is 2.87. The molecular formula is C21H27Cl2N3O3. The summed E-state index contributed by atoms with van der Waals surface area (Å²) >= 11 is 0. The summed E-state index contributed by atoms with van der Waals surface area (Å²) in [6.45, 7) is 6.45. The maximum atomic E-state index is 12.3. The Hall–Kier alpha value is -2.28. The molecule has 3 rings (SSSR count). The predicted molar refractivity (Wildman–Crippen MR) is 118 cm³/mol. The lowest BCUT2D eigenvalue weighted by atomic mass is 9.99. The van der Waals surface area contributed by atoms with Gasteiger partial charge in [0.15, 0.2) is 5.76 Å². The van der Waals surface area contributed by atoms with Gasteiger partial charge in [-0.3, -0.25) is 4.79 Å². The number of nitrogens with two attached hydrogens (primary N) is 1. The average molecular weight is 440 g/mol. The zero-order chi connectivity index (χ0) is 19.4. The molecule has 1 aromatic carbocycles. The van der Waals surface area contributed by atoms with E-state index >= 15 is 0 Å². The maximum Gasteiger partial charge on any atom is 0.263 e. The van der Waals surface area contributed by atoms with Crippen molar-refractivity contribution in [3.8, 4) is 11.7 Å². The van der Waals surface area contributed by atoms with Crippen LogP contribution in [0.4, 0.5) is 0 Å². The van der Waals surface area contributed by atoms with E-state index in [1.807, 2.05) is 12.1 Å². The van der Waals surface area contributed by atoms with Crippen LogP contribution < -0.4 is 11.1 Å². The van der Waals surface area contributed by atoms with Crippen molar-refractivity contribution in [1.82, 2.24) is 10.3 Å². The van der Waals surface area contributed by atoms with Crippen LogP contribution >= 0.6 is 24.8 Å². The number of benzene rings is 1. The Kier molecular flexibility index (Phi) is 9.43. The minimum absolute atomic E-state index is 0. The predicted octanol–water partition coefficient (Wildman–Crippen LogP) is 4.57. The Labute approximate surface area is 183 Å². The molecule has 0 radical (unpaired) electrons. The van der Waals surface area contributed by atoms with Gasteiger partial charge in [-0.1, -0.05) is 38.1 Å². The number of aromatic nitrogens is 1. The number of nitrogens with one attached hydrogen (secondary N) is 1. The van der Waals surface area contributed by atoms with Crippen LogP contribution in [0, 0.1) is 6.92 Å². The second-order valence-corrected chi connectivity index (χ2v) is 6.91. The smallest absolute Gasteiger partial charge is 0.263 e. The number of nitrogens with zero attached hydrogens (tertiary/aromatic N) is 1. The van der Waals surface area contributed by atoms with Crippen LogP contribution in [0.5, 0.6) is 0 Å². The number of aryl methyl sites for hydroxylation is 1. The van der Waals surface area contributed by atoms with Gasteiger partial charge in [-0.05, 0) is 36.1 Å². The average Bonchev–Trinajstić information content (AvgIpc) is 3.30. The van der Waals surface area contributed by atoms with Gasteiger partial charge in [0.05, 0.1) is 18.4 Å². The number of amides is 1. The van der Waals surface area contributed by atoms with Gasteiger partial charge in [-0.25, -0.2) is 4.98 Å². The first-order valence-electron chi connectivity index (χ1n) is 9.06. The standard InChI is InChI=1S/C21H25N3O3.2ClH/c1-13(2)15-6-8-16(9-7-15)17(22)12-23-20(25)11-18-14(3)27-21(24-18)19-5-4-10-26-19;;/h4-10,13,17H,11-12,22H2,1-3H3,(H,23,25);2*1H. The molecule has 0 aliphatic heterocycles. The fraction of sp³-hybridized carbons (Fsp3) is 0.333. The van der Waals surface area contributed by atoms with Crippen LogP contribution in [0.1, 0.15) is 48.4 Å². The van der Waals surface area contributed by atoms with Crippen molar-refractivity contribution in [2.75, 3.05) is 6.54 Å². The van der Waals surface area contributed by atoms with E-state index in [0.717, 1.165) is 5.56 Å². The van der Waals surface area contributed by atoms with Gasteiger partial charge in [0.2, 0.25) is 5.91 Å². The molecule has 158 valence electrons. The summed E-state index contributed by atoms with van der Waals surface area (Å²) in [6, 6.07) is 11.5. The Morgan fingerprint density at radius 3 is 2.38 bits per heavy atom. The number of rotatable bonds is 7. The fourth-order valence-electron chi connectivity index (χ4n) is 2.78. The molecule has 8 heteroatoms. The zero-order valence-electron chi connectivity index (χ0n) is 16.7. The third kappa shape index (κ3) is 6.35.